The molecule has 2 aromatic carbocycles. The van der Waals surface area contributed by atoms with Gasteiger partial charge in [-0.3, -0.25) is 14.4 Å². The number of rotatable bonds is 8. The van der Waals surface area contributed by atoms with Gasteiger partial charge in [0, 0.05) is 29.7 Å². The van der Waals surface area contributed by atoms with Crippen molar-refractivity contribution in [3.8, 4) is 0 Å². The molecular formula is C41H46N2O9. The summed E-state index contributed by atoms with van der Waals surface area (Å²) in [5, 5.41) is 16.1. The largest absolute Gasteiger partial charge is 0.458 e. The van der Waals surface area contributed by atoms with Crippen LogP contribution in [0.2, 0.25) is 0 Å². The van der Waals surface area contributed by atoms with Crippen LogP contribution >= 0.6 is 0 Å². The van der Waals surface area contributed by atoms with Gasteiger partial charge in [0.25, 0.3) is 5.91 Å². The minimum Gasteiger partial charge on any atom is -0.458 e. The van der Waals surface area contributed by atoms with Gasteiger partial charge in [-0.25, -0.2) is 9.59 Å². The van der Waals surface area contributed by atoms with E-state index in [9.17, 15) is 24.3 Å². The zero-order valence-electron chi connectivity index (χ0n) is 30.5. The molecule has 4 N–H and O–H groups in total. The zero-order valence-corrected chi connectivity index (χ0v) is 30.5. The third kappa shape index (κ3) is 5.66. The molecule has 4 aliphatic rings. The number of nitrogens with one attached hydrogen (secondary N) is 1. The topological polar surface area (TPSA) is 171 Å². The second kappa shape index (κ2) is 13.2. The summed E-state index contributed by atoms with van der Waals surface area (Å²) in [6.45, 7) is 11.9. The van der Waals surface area contributed by atoms with Crippen LogP contribution in [0.25, 0.3) is 0 Å². The molecule has 1 unspecified atom stereocenters. The fourth-order valence-electron chi connectivity index (χ4n) is 9.11. The van der Waals surface area contributed by atoms with E-state index in [1.807, 2.05) is 6.92 Å². The summed E-state index contributed by atoms with van der Waals surface area (Å²) in [7, 11) is 0. The minimum absolute atomic E-state index is 0.0528. The monoisotopic (exact) mass is 710 g/mol. The lowest BCUT2D eigenvalue weighted by Crippen LogP contribution is -2.66. The van der Waals surface area contributed by atoms with Crippen LogP contribution in [0.5, 0.6) is 0 Å². The molecule has 0 radical (unpaired) electrons. The van der Waals surface area contributed by atoms with Crippen molar-refractivity contribution >= 4 is 41.0 Å². The van der Waals surface area contributed by atoms with Crippen LogP contribution in [0.15, 0.2) is 83.5 Å². The quantitative estimate of drug-likeness (QED) is 0.103. The first-order valence-electron chi connectivity index (χ1n) is 17.6. The summed E-state index contributed by atoms with van der Waals surface area (Å²) in [6, 6.07) is 12.7. The number of para-hydroxylation sites is 2. The number of carbonyl (C=O) groups excluding carboxylic acids is 5. The molecule has 2 saturated carbocycles. The number of benzene rings is 2. The predicted octanol–water partition coefficient (Wildman–Crippen LogP) is 5.60. The number of aliphatic hydroxyl groups is 1. The van der Waals surface area contributed by atoms with Crippen LogP contribution in [0.1, 0.15) is 75.6 Å². The Morgan fingerprint density at radius 3 is 2.31 bits per heavy atom. The molecule has 274 valence electrons. The summed E-state index contributed by atoms with van der Waals surface area (Å²) in [6.07, 6.45) is 2.56. The maximum absolute atomic E-state index is 15.1. The van der Waals surface area contributed by atoms with E-state index in [1.54, 1.807) is 75.4 Å². The van der Waals surface area contributed by atoms with Crippen LogP contribution in [0.4, 0.5) is 11.4 Å². The Balaban J connectivity index is 1.50. The van der Waals surface area contributed by atoms with Gasteiger partial charge in [-0.1, -0.05) is 63.3 Å². The molecule has 2 fully saturated rings. The van der Waals surface area contributed by atoms with Gasteiger partial charge in [0.05, 0.1) is 22.2 Å². The Bertz CT molecular complexity index is 1960. The Hall–Kier alpha value is -5.03. The van der Waals surface area contributed by atoms with E-state index in [1.165, 1.54) is 19.1 Å². The molecular weight excluding hydrogens is 664 g/mol. The Labute approximate surface area is 303 Å². The first-order chi connectivity index (χ1) is 24.5. The number of ether oxygens (including phenoxy) is 3. The fraction of sp³-hybridized carbons (Fsp3) is 0.439. The van der Waals surface area contributed by atoms with Crippen molar-refractivity contribution in [2.45, 2.75) is 72.7 Å². The minimum atomic E-state index is -2.34. The molecule has 2 bridgehead atoms. The molecule has 1 spiro atoms. The molecule has 0 aliphatic heterocycles. The number of ketones is 1. The third-order valence-electron chi connectivity index (χ3n) is 11.9. The zero-order chi connectivity index (χ0) is 37.9. The molecule has 0 saturated heterocycles. The summed E-state index contributed by atoms with van der Waals surface area (Å²) < 4.78 is 17.9. The van der Waals surface area contributed by atoms with E-state index in [0.717, 1.165) is 0 Å². The molecule has 6 rings (SSSR count). The van der Waals surface area contributed by atoms with Crippen molar-refractivity contribution in [3.05, 3.63) is 94.6 Å². The Kier molecular flexibility index (Phi) is 9.32. The van der Waals surface area contributed by atoms with Crippen molar-refractivity contribution in [2.75, 3.05) is 17.7 Å². The highest BCUT2D eigenvalue weighted by Gasteiger charge is 2.77. The van der Waals surface area contributed by atoms with E-state index in [0.29, 0.717) is 17.6 Å². The molecule has 52 heavy (non-hydrogen) atoms. The van der Waals surface area contributed by atoms with Crippen molar-refractivity contribution < 1.29 is 43.3 Å². The van der Waals surface area contributed by atoms with E-state index >= 15 is 4.79 Å². The van der Waals surface area contributed by atoms with Gasteiger partial charge >= 0.3 is 17.9 Å². The van der Waals surface area contributed by atoms with Crippen LogP contribution in [-0.4, -0.2) is 59.1 Å². The molecule has 0 heterocycles. The van der Waals surface area contributed by atoms with Gasteiger partial charge in [0.15, 0.2) is 23.6 Å². The second-order valence-electron chi connectivity index (χ2n) is 15.2. The number of esters is 3. The normalized spacial score (nSPS) is 31.4. The maximum Gasteiger partial charge on any atom is 0.340 e. The van der Waals surface area contributed by atoms with Crippen LogP contribution in [0.3, 0.4) is 0 Å². The van der Waals surface area contributed by atoms with Crippen molar-refractivity contribution in [1.82, 2.24) is 0 Å². The number of carbonyl (C=O) groups is 5. The van der Waals surface area contributed by atoms with E-state index < -0.39 is 65.5 Å². The molecule has 2 aromatic rings. The van der Waals surface area contributed by atoms with Gasteiger partial charge in [0.1, 0.15) is 6.61 Å². The van der Waals surface area contributed by atoms with Gasteiger partial charge in [-0.2, -0.15) is 0 Å². The van der Waals surface area contributed by atoms with Crippen molar-refractivity contribution in [1.29, 1.82) is 0 Å². The van der Waals surface area contributed by atoms with Gasteiger partial charge in [-0.15, -0.1) is 0 Å². The average molecular weight is 711 g/mol. The lowest BCUT2D eigenvalue weighted by Gasteiger charge is -2.49. The number of amides is 1. The fourth-order valence-corrected chi connectivity index (χ4v) is 9.11. The first kappa shape index (κ1) is 36.8. The Morgan fingerprint density at radius 1 is 1.00 bits per heavy atom. The van der Waals surface area contributed by atoms with Crippen molar-refractivity contribution in [3.63, 3.8) is 0 Å². The number of hydrogen-bond donors (Lipinski definition) is 3. The first-order valence-corrected chi connectivity index (χ1v) is 17.6. The molecule has 11 heteroatoms. The highest BCUT2D eigenvalue weighted by atomic mass is 16.6. The number of fused-ring (bicyclic) bond motifs is 3. The number of anilines is 2. The van der Waals surface area contributed by atoms with E-state index in [-0.39, 0.29) is 51.1 Å². The van der Waals surface area contributed by atoms with Gasteiger partial charge < -0.3 is 30.4 Å². The highest BCUT2D eigenvalue weighted by molar-refractivity contribution is 6.10. The number of Topliss-reactive ketones (excluding diaryl/α,β-unsaturated/α-hetero) is 1. The SMILES string of the molecule is CC=C(C)C(=O)OCC1=CC2C(=O)[C@]3(C=C(C)[C@H](OC(C)=O)[C@@]3(O)[C@@H]1OC(=O)c1ccccc1NC(=O)c1ccccc1N)[C@H](C)C[C@@H]1[C@H]2C1(C)C. The number of hydrogen-bond acceptors (Lipinski definition) is 10. The van der Waals surface area contributed by atoms with Gasteiger partial charge in [0.2, 0.25) is 0 Å². The lowest BCUT2D eigenvalue weighted by atomic mass is 9.59. The summed E-state index contributed by atoms with van der Waals surface area (Å²) in [4.78, 5) is 68.5. The standard InChI is InChI=1S/C41H46N2O9/c1-8-21(2)37(47)50-20-25-18-28-32-29(39(32,6)7)17-23(4)40(33(28)45)19-22(3)34(51-24(5)44)41(40,49)35(25)52-38(48)27-14-10-12-16-31(27)43-36(46)26-13-9-11-15-30(26)42/h8-16,18-19,23,28-29,32,34-35,49H,17,20,42H2,1-7H3,(H,43,46)/t23-,28?,29-,32+,34+,35-,40+,41-/m1/s1. The Morgan fingerprint density at radius 2 is 1.65 bits per heavy atom. The predicted molar refractivity (Wildman–Crippen MR) is 193 cm³/mol. The lowest BCUT2D eigenvalue weighted by molar-refractivity contribution is -0.203. The smallest absolute Gasteiger partial charge is 0.340 e. The number of allylic oxidation sites excluding steroid dienone is 2. The highest BCUT2D eigenvalue weighted by Crippen LogP contribution is 2.72. The van der Waals surface area contributed by atoms with Crippen molar-refractivity contribution in [2.24, 2.45) is 34.5 Å². The van der Waals surface area contributed by atoms with E-state index in [4.69, 9.17) is 19.9 Å². The maximum atomic E-state index is 15.1. The average Bonchev–Trinajstić information content (AvgIpc) is 3.60. The van der Waals surface area contributed by atoms with Crippen LogP contribution in [0, 0.1) is 34.5 Å². The van der Waals surface area contributed by atoms with Gasteiger partial charge in [-0.05, 0) is 80.2 Å². The third-order valence-corrected chi connectivity index (χ3v) is 11.9. The summed E-state index contributed by atoms with van der Waals surface area (Å²) >= 11 is 0. The molecule has 8 atom stereocenters. The molecule has 11 nitrogen and oxygen atoms in total. The number of nitrogens with two attached hydrogens (primary N) is 1. The number of nitrogen functional groups attached to an aromatic ring is 1. The van der Waals surface area contributed by atoms with Crippen LogP contribution in [-0.2, 0) is 28.6 Å². The van der Waals surface area contributed by atoms with Crippen LogP contribution < -0.4 is 11.1 Å². The summed E-state index contributed by atoms with van der Waals surface area (Å²) in [5.74, 6) is -4.24. The van der Waals surface area contributed by atoms with E-state index in [2.05, 4.69) is 19.2 Å². The second-order valence-corrected chi connectivity index (χ2v) is 15.2. The summed E-state index contributed by atoms with van der Waals surface area (Å²) in [5.41, 5.74) is 3.30. The molecule has 4 aliphatic carbocycles. The molecule has 0 aromatic heterocycles. The molecule has 1 amide bonds.